The van der Waals surface area contributed by atoms with E-state index in [1.807, 2.05) is 19.1 Å². The molecule has 0 aliphatic carbocycles. The molecule has 0 spiro atoms. The fraction of sp³-hybridized carbons (Fsp3) is 0.263. The average Bonchev–Trinajstić information content (AvgIpc) is 2.61. The van der Waals surface area contributed by atoms with E-state index >= 15 is 0 Å². The molecule has 1 unspecified atom stereocenters. The molecular weight excluding hydrogens is 356 g/mol. The predicted octanol–water partition coefficient (Wildman–Crippen LogP) is 3.41. The molecule has 0 fully saturated rings. The number of hydrogen-bond acceptors (Lipinski definition) is 4. The molecule has 0 aromatic heterocycles. The molecule has 0 saturated carbocycles. The van der Waals surface area contributed by atoms with Crippen LogP contribution in [0.25, 0.3) is 0 Å². The molecule has 0 saturated heterocycles. The average molecular weight is 375 g/mol. The van der Waals surface area contributed by atoms with Crippen LogP contribution < -0.4 is 19.7 Å². The van der Waals surface area contributed by atoms with Crippen LogP contribution in [0, 0.1) is 6.92 Å². The van der Waals surface area contributed by atoms with Crippen molar-refractivity contribution in [2.75, 3.05) is 24.4 Å². The minimum atomic E-state index is -1.69. The zero-order chi connectivity index (χ0) is 19.1. The Bertz CT molecular complexity index is 899. The predicted molar refractivity (Wildman–Crippen MR) is 100 cm³/mol. The van der Waals surface area contributed by atoms with Gasteiger partial charge in [0.2, 0.25) is 0 Å². The smallest absolute Gasteiger partial charge is 0.280 e. The lowest BCUT2D eigenvalue weighted by atomic mass is 9.99. The summed E-state index contributed by atoms with van der Waals surface area (Å²) in [5.74, 6) is -0.0671. The molecule has 136 valence electrons. The summed E-state index contributed by atoms with van der Waals surface area (Å²) in [7, 11) is 3.13. The SMILES string of the molecule is COc1ccc(NC(=O)C2(C)Oc3ccc(C)cc3N(C)C2=O)cc1Cl. The van der Waals surface area contributed by atoms with Gasteiger partial charge in [-0.25, -0.2) is 0 Å². The molecule has 2 aromatic rings. The lowest BCUT2D eigenvalue weighted by molar-refractivity contribution is -0.144. The third-order valence-electron chi connectivity index (χ3n) is 4.35. The molecule has 0 radical (unpaired) electrons. The minimum Gasteiger partial charge on any atom is -0.495 e. The lowest BCUT2D eigenvalue weighted by Gasteiger charge is -2.38. The first-order valence-corrected chi connectivity index (χ1v) is 8.37. The summed E-state index contributed by atoms with van der Waals surface area (Å²) in [6, 6.07) is 10.3. The van der Waals surface area contributed by atoms with Gasteiger partial charge in [0.05, 0.1) is 17.8 Å². The van der Waals surface area contributed by atoms with Crippen molar-refractivity contribution >= 4 is 34.8 Å². The zero-order valence-corrected chi connectivity index (χ0v) is 15.7. The quantitative estimate of drug-likeness (QED) is 0.836. The van der Waals surface area contributed by atoms with Crippen LogP contribution >= 0.6 is 11.6 Å². The highest BCUT2D eigenvalue weighted by molar-refractivity contribution is 6.32. The third kappa shape index (κ3) is 2.97. The summed E-state index contributed by atoms with van der Waals surface area (Å²) in [5.41, 5.74) is 0.375. The van der Waals surface area contributed by atoms with Gasteiger partial charge in [-0.2, -0.15) is 0 Å². The van der Waals surface area contributed by atoms with E-state index in [2.05, 4.69) is 5.32 Å². The van der Waals surface area contributed by atoms with E-state index in [0.717, 1.165) is 5.56 Å². The Kier molecular flexibility index (Phi) is 4.54. The second-order valence-corrected chi connectivity index (χ2v) is 6.68. The van der Waals surface area contributed by atoms with Crippen molar-refractivity contribution in [3.05, 3.63) is 47.0 Å². The van der Waals surface area contributed by atoms with E-state index in [0.29, 0.717) is 27.9 Å². The molecule has 3 rings (SSSR count). The highest BCUT2D eigenvalue weighted by atomic mass is 35.5. The first-order valence-electron chi connectivity index (χ1n) is 7.99. The van der Waals surface area contributed by atoms with Crippen molar-refractivity contribution in [3.8, 4) is 11.5 Å². The maximum atomic E-state index is 12.8. The number of methoxy groups -OCH3 is 1. The standard InChI is InChI=1S/C19H19ClN2O4/c1-11-5-7-16-14(9-11)22(3)18(24)19(2,26-16)17(23)21-12-6-8-15(25-4)13(20)10-12/h5-10H,1-4H3,(H,21,23). The Hall–Kier alpha value is -2.73. The Morgan fingerprint density at radius 3 is 2.65 bits per heavy atom. The Morgan fingerprint density at radius 1 is 1.27 bits per heavy atom. The van der Waals surface area contributed by atoms with Crippen LogP contribution in [0.4, 0.5) is 11.4 Å². The van der Waals surface area contributed by atoms with Gasteiger partial charge < -0.3 is 19.7 Å². The van der Waals surface area contributed by atoms with Gasteiger partial charge in [0.25, 0.3) is 17.4 Å². The normalized spacial score (nSPS) is 18.8. The molecule has 0 bridgehead atoms. The van der Waals surface area contributed by atoms with Gasteiger partial charge in [-0.1, -0.05) is 17.7 Å². The number of likely N-dealkylation sites (N-methyl/N-ethyl adjacent to an activating group) is 1. The molecule has 26 heavy (non-hydrogen) atoms. The van der Waals surface area contributed by atoms with Gasteiger partial charge in [-0.3, -0.25) is 9.59 Å². The first kappa shape index (κ1) is 18.1. The van der Waals surface area contributed by atoms with Gasteiger partial charge in [0.1, 0.15) is 11.5 Å². The second-order valence-electron chi connectivity index (χ2n) is 6.27. The number of halogens is 1. The maximum Gasteiger partial charge on any atom is 0.280 e. The number of anilines is 2. The number of carbonyl (C=O) groups excluding carboxylic acids is 2. The molecule has 1 aliphatic rings. The second kappa shape index (κ2) is 6.53. The fourth-order valence-corrected chi connectivity index (χ4v) is 3.06. The van der Waals surface area contributed by atoms with Crippen molar-refractivity contribution in [1.29, 1.82) is 0 Å². The maximum absolute atomic E-state index is 12.8. The summed E-state index contributed by atoms with van der Waals surface area (Å²) in [6.45, 7) is 3.38. The Balaban J connectivity index is 1.90. The molecule has 1 heterocycles. The molecule has 1 atom stereocenters. The number of fused-ring (bicyclic) bond motifs is 1. The van der Waals surface area contributed by atoms with Crippen molar-refractivity contribution in [1.82, 2.24) is 0 Å². The van der Waals surface area contributed by atoms with Gasteiger partial charge in [-0.15, -0.1) is 0 Å². The number of nitrogens with zero attached hydrogens (tertiary/aromatic N) is 1. The monoisotopic (exact) mass is 374 g/mol. The van der Waals surface area contributed by atoms with Crippen molar-refractivity contribution < 1.29 is 19.1 Å². The number of carbonyl (C=O) groups is 2. The molecule has 1 aliphatic heterocycles. The van der Waals surface area contributed by atoms with Gasteiger partial charge in [-0.05, 0) is 49.7 Å². The largest absolute Gasteiger partial charge is 0.495 e. The summed E-state index contributed by atoms with van der Waals surface area (Å²) >= 11 is 6.08. The molecule has 2 amide bonds. The van der Waals surface area contributed by atoms with E-state index in [1.165, 1.54) is 18.9 Å². The number of benzene rings is 2. The summed E-state index contributed by atoms with van der Waals surface area (Å²) < 4.78 is 10.9. The van der Waals surface area contributed by atoms with E-state index in [1.54, 1.807) is 31.3 Å². The molecule has 2 aromatic carbocycles. The Labute approximate surface area is 156 Å². The van der Waals surface area contributed by atoms with Gasteiger partial charge in [0, 0.05) is 12.7 Å². The number of amides is 2. The fourth-order valence-electron chi connectivity index (χ4n) is 2.81. The molecule has 6 nitrogen and oxygen atoms in total. The van der Waals surface area contributed by atoms with Crippen LogP contribution in [0.3, 0.4) is 0 Å². The van der Waals surface area contributed by atoms with Gasteiger partial charge in [0.15, 0.2) is 0 Å². The van der Waals surface area contributed by atoms with E-state index < -0.39 is 17.4 Å². The lowest BCUT2D eigenvalue weighted by Crippen LogP contribution is -2.59. The first-order chi connectivity index (χ1) is 12.3. The number of nitrogens with one attached hydrogen (secondary N) is 1. The summed E-state index contributed by atoms with van der Waals surface area (Å²) in [5, 5.41) is 3.04. The van der Waals surface area contributed by atoms with Crippen molar-refractivity contribution in [3.63, 3.8) is 0 Å². The van der Waals surface area contributed by atoms with Crippen LogP contribution in [0.1, 0.15) is 12.5 Å². The molecule has 1 N–H and O–H groups in total. The van der Waals surface area contributed by atoms with Crippen molar-refractivity contribution in [2.45, 2.75) is 19.4 Å². The van der Waals surface area contributed by atoms with Crippen LogP contribution in [0.5, 0.6) is 11.5 Å². The number of ether oxygens (including phenoxy) is 2. The van der Waals surface area contributed by atoms with E-state index in [4.69, 9.17) is 21.1 Å². The number of hydrogen-bond donors (Lipinski definition) is 1. The third-order valence-corrected chi connectivity index (χ3v) is 4.64. The molecule has 7 heteroatoms. The zero-order valence-electron chi connectivity index (χ0n) is 14.9. The number of aryl methyl sites for hydroxylation is 1. The topological polar surface area (TPSA) is 67.9 Å². The van der Waals surface area contributed by atoms with Crippen molar-refractivity contribution in [2.24, 2.45) is 0 Å². The van der Waals surface area contributed by atoms with E-state index in [-0.39, 0.29) is 0 Å². The van der Waals surface area contributed by atoms with Crippen LogP contribution in [-0.2, 0) is 9.59 Å². The minimum absolute atomic E-state index is 0.351. The Morgan fingerprint density at radius 2 is 2.00 bits per heavy atom. The highest BCUT2D eigenvalue weighted by Gasteiger charge is 2.49. The summed E-state index contributed by atoms with van der Waals surface area (Å²) in [4.78, 5) is 27.1. The highest BCUT2D eigenvalue weighted by Crippen LogP contribution is 2.38. The van der Waals surface area contributed by atoms with Gasteiger partial charge >= 0.3 is 0 Å². The van der Waals surface area contributed by atoms with Crippen LogP contribution in [-0.4, -0.2) is 31.6 Å². The summed E-state index contributed by atoms with van der Waals surface area (Å²) in [6.07, 6.45) is 0. The number of rotatable bonds is 3. The van der Waals surface area contributed by atoms with Crippen LogP contribution in [0.15, 0.2) is 36.4 Å². The van der Waals surface area contributed by atoms with Crippen LogP contribution in [0.2, 0.25) is 5.02 Å². The van der Waals surface area contributed by atoms with E-state index in [9.17, 15) is 9.59 Å². The molecular formula is C19H19ClN2O4.